The van der Waals surface area contributed by atoms with Gasteiger partial charge >= 0.3 is 0 Å². The summed E-state index contributed by atoms with van der Waals surface area (Å²) in [6, 6.07) is 25.0. The first-order valence-electron chi connectivity index (χ1n) is 8.66. The molecule has 1 atom stereocenters. The fraction of sp³-hybridized carbons (Fsp3) is 0.143. The average molecular weight is 380 g/mol. The van der Waals surface area contributed by atoms with Crippen molar-refractivity contribution in [1.82, 2.24) is 5.09 Å². The van der Waals surface area contributed by atoms with Crippen LogP contribution < -0.4 is 15.7 Å². The normalized spacial score (nSPS) is 12.5. The molecule has 6 heteroatoms. The molecule has 0 radical (unpaired) electrons. The van der Waals surface area contributed by atoms with Gasteiger partial charge in [0.25, 0.3) is 0 Å². The highest BCUT2D eigenvalue weighted by molar-refractivity contribution is 7.76. The molecule has 0 saturated heterocycles. The Morgan fingerprint density at radius 3 is 1.81 bits per heavy atom. The van der Waals surface area contributed by atoms with Gasteiger partial charge in [-0.15, -0.1) is 0 Å². The van der Waals surface area contributed by atoms with Crippen molar-refractivity contribution in [3.8, 4) is 0 Å². The van der Waals surface area contributed by atoms with Crippen molar-refractivity contribution in [2.75, 3.05) is 6.54 Å². The molecule has 0 fully saturated rings. The van der Waals surface area contributed by atoms with E-state index in [1.807, 2.05) is 67.6 Å². The molecule has 0 aromatic heterocycles. The van der Waals surface area contributed by atoms with Crippen LogP contribution in [0.3, 0.4) is 0 Å². The summed E-state index contributed by atoms with van der Waals surface area (Å²) in [6.07, 6.45) is 0. The van der Waals surface area contributed by atoms with Crippen molar-refractivity contribution >= 4 is 17.9 Å². The lowest BCUT2D eigenvalue weighted by Crippen LogP contribution is -2.33. The molecule has 27 heavy (non-hydrogen) atoms. The Morgan fingerprint density at radius 1 is 0.889 bits per heavy atom. The van der Waals surface area contributed by atoms with E-state index >= 15 is 0 Å². The Hall–Kier alpha value is -2.75. The minimum atomic E-state index is -3.27. The van der Waals surface area contributed by atoms with Gasteiger partial charge in [0.15, 0.2) is 0 Å². The molecule has 0 aliphatic heterocycles. The molecular formula is C21H21N2O3P. The molecule has 3 aromatic rings. The van der Waals surface area contributed by atoms with Gasteiger partial charge in [-0.25, -0.2) is 5.09 Å². The zero-order valence-electron chi connectivity index (χ0n) is 15.0. The van der Waals surface area contributed by atoms with Crippen LogP contribution in [0.5, 0.6) is 0 Å². The maximum absolute atomic E-state index is 14.1. The molecule has 0 aliphatic rings. The van der Waals surface area contributed by atoms with Crippen LogP contribution in [0.4, 0.5) is 0 Å². The van der Waals surface area contributed by atoms with Gasteiger partial charge < -0.3 is 0 Å². The lowest BCUT2D eigenvalue weighted by atomic mass is 10.1. The van der Waals surface area contributed by atoms with Crippen molar-refractivity contribution < 1.29 is 9.49 Å². The zero-order valence-corrected chi connectivity index (χ0v) is 15.9. The van der Waals surface area contributed by atoms with Gasteiger partial charge in [-0.3, -0.25) is 14.7 Å². The number of aryl methyl sites for hydroxylation is 1. The highest BCUT2D eigenvalue weighted by Gasteiger charge is 2.32. The monoisotopic (exact) mass is 380 g/mol. The van der Waals surface area contributed by atoms with Crippen molar-refractivity contribution in [3.05, 3.63) is 106 Å². The minimum absolute atomic E-state index is 0.354. The Labute approximate surface area is 158 Å². The first kappa shape index (κ1) is 19.0. The Bertz CT molecular complexity index is 901. The van der Waals surface area contributed by atoms with Gasteiger partial charge in [0.05, 0.1) is 0 Å². The van der Waals surface area contributed by atoms with Crippen molar-refractivity contribution in [1.29, 1.82) is 0 Å². The van der Waals surface area contributed by atoms with Crippen LogP contribution in [-0.2, 0) is 4.57 Å². The second-order valence-electron chi connectivity index (χ2n) is 6.39. The average Bonchev–Trinajstić information content (AvgIpc) is 2.69. The number of nitrogens with zero attached hydrogens (tertiary/aromatic N) is 1. The third-order valence-corrected chi connectivity index (χ3v) is 7.11. The highest BCUT2D eigenvalue weighted by atomic mass is 31.2. The van der Waals surface area contributed by atoms with Crippen LogP contribution in [0.25, 0.3) is 0 Å². The molecule has 1 N–H and O–H groups in total. The number of hydrogen-bond acceptors (Lipinski definition) is 3. The summed E-state index contributed by atoms with van der Waals surface area (Å²) in [6.45, 7) is 1.60. The van der Waals surface area contributed by atoms with E-state index in [4.69, 9.17) is 0 Å². The van der Waals surface area contributed by atoms with E-state index in [0.29, 0.717) is 10.6 Å². The predicted octanol–water partition coefficient (Wildman–Crippen LogP) is 3.83. The molecule has 0 saturated carbocycles. The third kappa shape index (κ3) is 4.51. The van der Waals surface area contributed by atoms with E-state index in [1.54, 1.807) is 24.3 Å². The van der Waals surface area contributed by atoms with E-state index in [2.05, 4.69) is 5.09 Å². The van der Waals surface area contributed by atoms with Crippen LogP contribution in [0.2, 0.25) is 0 Å². The smallest absolute Gasteiger partial charge is 0.223 e. The number of nitrogens with one attached hydrogen (secondary N) is 1. The Kier molecular flexibility index (Phi) is 5.84. The first-order chi connectivity index (χ1) is 13.0. The molecule has 0 aliphatic carbocycles. The SMILES string of the molecule is Cc1ccc([C@H](C[N+](=O)[O-])NP(=O)(c2ccccc2)c2ccccc2)cc1. The summed E-state index contributed by atoms with van der Waals surface area (Å²) in [4.78, 5) is 10.9. The largest absolute Gasteiger partial charge is 0.296 e. The van der Waals surface area contributed by atoms with E-state index in [0.717, 1.165) is 11.1 Å². The van der Waals surface area contributed by atoms with E-state index in [1.165, 1.54) is 0 Å². The van der Waals surface area contributed by atoms with Gasteiger partial charge in [0, 0.05) is 15.5 Å². The summed E-state index contributed by atoms with van der Waals surface area (Å²) in [5.74, 6) is 0. The number of nitro groups is 1. The van der Waals surface area contributed by atoms with Crippen LogP contribution in [0, 0.1) is 17.0 Å². The second-order valence-corrected chi connectivity index (χ2v) is 8.90. The molecule has 138 valence electrons. The molecule has 0 bridgehead atoms. The van der Waals surface area contributed by atoms with E-state index in [-0.39, 0.29) is 11.5 Å². The molecule has 0 unspecified atom stereocenters. The quantitative estimate of drug-likeness (QED) is 0.384. The fourth-order valence-electron chi connectivity index (χ4n) is 2.96. The van der Waals surface area contributed by atoms with Gasteiger partial charge in [-0.05, 0) is 36.8 Å². The van der Waals surface area contributed by atoms with E-state index < -0.39 is 13.3 Å². The Balaban J connectivity index is 2.07. The number of hydrogen-bond donors (Lipinski definition) is 1. The third-order valence-electron chi connectivity index (χ3n) is 4.39. The molecule has 0 amide bonds. The van der Waals surface area contributed by atoms with Crippen molar-refractivity contribution in [2.45, 2.75) is 13.0 Å². The topological polar surface area (TPSA) is 72.2 Å². The molecule has 5 nitrogen and oxygen atoms in total. The standard InChI is InChI=1S/C21H21N2O3P/c1-17-12-14-18(15-13-17)21(16-23(24)25)22-27(26,19-8-4-2-5-9-19)20-10-6-3-7-11-20/h2-15,21H,16H2,1H3,(H,22,26)/t21-/m0/s1. The summed E-state index contributed by atoms with van der Waals surface area (Å²) >= 11 is 0. The highest BCUT2D eigenvalue weighted by Crippen LogP contribution is 2.41. The lowest BCUT2D eigenvalue weighted by molar-refractivity contribution is -0.483. The first-order valence-corrected chi connectivity index (χ1v) is 10.4. The maximum Gasteiger partial charge on any atom is 0.223 e. The lowest BCUT2D eigenvalue weighted by Gasteiger charge is -2.25. The van der Waals surface area contributed by atoms with Crippen molar-refractivity contribution in [3.63, 3.8) is 0 Å². The molecule has 0 heterocycles. The zero-order chi connectivity index (χ0) is 19.3. The summed E-state index contributed by atoms with van der Waals surface area (Å²) in [5.41, 5.74) is 1.80. The maximum atomic E-state index is 14.1. The molecule has 0 spiro atoms. The summed E-state index contributed by atoms with van der Waals surface area (Å²) in [7, 11) is -3.27. The summed E-state index contributed by atoms with van der Waals surface area (Å²) < 4.78 is 14.1. The number of rotatable bonds is 7. The molecule has 3 aromatic carbocycles. The van der Waals surface area contributed by atoms with Crippen LogP contribution >= 0.6 is 7.29 Å². The van der Waals surface area contributed by atoms with Crippen LogP contribution in [-0.4, -0.2) is 11.5 Å². The summed E-state index contributed by atoms with van der Waals surface area (Å²) in [5, 5.41) is 15.7. The van der Waals surface area contributed by atoms with Gasteiger partial charge in [-0.2, -0.15) is 0 Å². The van der Waals surface area contributed by atoms with E-state index in [9.17, 15) is 14.7 Å². The predicted molar refractivity (Wildman–Crippen MR) is 109 cm³/mol. The second kappa shape index (κ2) is 8.30. The fourth-order valence-corrected chi connectivity index (χ4v) is 5.41. The van der Waals surface area contributed by atoms with Crippen LogP contribution in [0.1, 0.15) is 17.2 Å². The molecule has 3 rings (SSSR count). The van der Waals surface area contributed by atoms with Gasteiger partial charge in [0.1, 0.15) is 6.04 Å². The van der Waals surface area contributed by atoms with Gasteiger partial charge in [-0.1, -0.05) is 66.2 Å². The minimum Gasteiger partial charge on any atom is -0.296 e. The number of benzene rings is 3. The van der Waals surface area contributed by atoms with Crippen LogP contribution in [0.15, 0.2) is 84.9 Å². The van der Waals surface area contributed by atoms with Crippen molar-refractivity contribution in [2.24, 2.45) is 0 Å². The Morgan fingerprint density at radius 2 is 1.37 bits per heavy atom. The van der Waals surface area contributed by atoms with Gasteiger partial charge in [0.2, 0.25) is 13.8 Å². The molecular weight excluding hydrogens is 359 g/mol.